The number of aliphatic hydroxyl groups is 1. The number of amides is 1. The average molecular weight is 582 g/mol. The summed E-state index contributed by atoms with van der Waals surface area (Å²) in [5, 5.41) is 52.6. The maximum absolute atomic E-state index is 11.5. The Bertz CT molecular complexity index is 1520. The molecule has 1 aliphatic rings. The number of halogens is 1. The van der Waals surface area contributed by atoms with E-state index in [1.165, 1.54) is 10.7 Å². The van der Waals surface area contributed by atoms with Crippen LogP contribution in [-0.4, -0.2) is 91.7 Å². The minimum absolute atomic E-state index is 0.137. The lowest BCUT2D eigenvalue weighted by Crippen LogP contribution is -2.61. The Morgan fingerprint density at radius 3 is 2.71 bits per heavy atom. The van der Waals surface area contributed by atoms with E-state index in [-0.39, 0.29) is 23.7 Å². The maximum Gasteiger partial charge on any atom is 0.404 e. The molecule has 1 amide bonds. The van der Waals surface area contributed by atoms with Crippen LogP contribution in [0.2, 0.25) is 5.02 Å². The summed E-state index contributed by atoms with van der Waals surface area (Å²) in [4.78, 5) is 24.2. The van der Waals surface area contributed by atoms with Crippen molar-refractivity contribution in [1.29, 1.82) is 10.5 Å². The summed E-state index contributed by atoms with van der Waals surface area (Å²) in [6.45, 7) is 7.03. The van der Waals surface area contributed by atoms with E-state index in [9.17, 15) is 25.5 Å². The van der Waals surface area contributed by atoms with Crippen molar-refractivity contribution in [3.63, 3.8) is 0 Å². The second-order valence-electron chi connectivity index (χ2n) is 10.5. The highest BCUT2D eigenvalue weighted by Crippen LogP contribution is 2.37. The fourth-order valence-electron chi connectivity index (χ4n) is 5.06. The lowest BCUT2D eigenvalue weighted by atomic mass is 9.95. The summed E-state index contributed by atoms with van der Waals surface area (Å²) in [6.07, 6.45) is 0.767. The molecule has 0 bridgehead atoms. The summed E-state index contributed by atoms with van der Waals surface area (Å²) in [6, 6.07) is 6.82. The van der Waals surface area contributed by atoms with E-state index in [0.29, 0.717) is 66.0 Å². The Kier molecular flexibility index (Phi) is 8.68. The number of hydrogen-bond acceptors (Lipinski definition) is 11. The monoisotopic (exact) mass is 581 g/mol. The minimum atomic E-state index is -1.12. The lowest BCUT2D eigenvalue weighted by molar-refractivity contribution is 0.0236. The fourth-order valence-corrected chi connectivity index (χ4v) is 5.34. The zero-order valence-electron chi connectivity index (χ0n) is 23.2. The number of fused-ring (bicyclic) bond motifs is 1. The zero-order valence-corrected chi connectivity index (χ0v) is 23.9. The molecule has 1 fully saturated rings. The molecule has 0 aliphatic carbocycles. The van der Waals surface area contributed by atoms with Crippen molar-refractivity contribution >= 4 is 46.5 Å². The van der Waals surface area contributed by atoms with Gasteiger partial charge in [-0.25, -0.2) is 9.78 Å². The van der Waals surface area contributed by atoms with Gasteiger partial charge in [-0.05, 0) is 46.4 Å². The number of nitrogens with one attached hydrogen (secondary N) is 3. The van der Waals surface area contributed by atoms with E-state index in [4.69, 9.17) is 11.6 Å². The van der Waals surface area contributed by atoms with Gasteiger partial charge in [-0.15, -0.1) is 5.10 Å². The summed E-state index contributed by atoms with van der Waals surface area (Å²) in [5.41, 5.74) is 0.928. The number of piperidine rings is 1. The number of hydrogen-bond donors (Lipinski definition) is 5. The second-order valence-corrected chi connectivity index (χ2v) is 10.9. The van der Waals surface area contributed by atoms with Gasteiger partial charge in [-0.2, -0.15) is 20.0 Å². The molecule has 0 spiro atoms. The van der Waals surface area contributed by atoms with Crippen LogP contribution in [0.25, 0.3) is 5.65 Å². The quantitative estimate of drug-likeness (QED) is 0.248. The Hall–Kier alpha value is -4.37. The van der Waals surface area contributed by atoms with Crippen LogP contribution in [0.4, 0.5) is 27.9 Å². The molecule has 0 saturated carbocycles. The number of anilines is 4. The van der Waals surface area contributed by atoms with Crippen LogP contribution < -0.4 is 20.9 Å². The molecule has 15 heteroatoms. The third-order valence-electron chi connectivity index (χ3n) is 6.68. The van der Waals surface area contributed by atoms with Crippen LogP contribution >= 0.6 is 11.6 Å². The second kappa shape index (κ2) is 12.0. The first-order valence-corrected chi connectivity index (χ1v) is 13.4. The van der Waals surface area contributed by atoms with E-state index in [0.717, 1.165) is 0 Å². The third kappa shape index (κ3) is 6.69. The molecular formula is C26H32ClN11O3. The van der Waals surface area contributed by atoms with Crippen molar-refractivity contribution in [2.45, 2.75) is 44.9 Å². The lowest BCUT2D eigenvalue weighted by Gasteiger charge is -2.45. The normalized spacial score (nSPS) is 17.2. The van der Waals surface area contributed by atoms with Crippen molar-refractivity contribution in [2.24, 2.45) is 0 Å². The van der Waals surface area contributed by atoms with E-state index >= 15 is 0 Å². The van der Waals surface area contributed by atoms with Crippen LogP contribution in [0.15, 0.2) is 18.3 Å². The Balaban J connectivity index is 1.70. The molecule has 41 heavy (non-hydrogen) atoms. The molecule has 1 saturated heterocycles. The van der Waals surface area contributed by atoms with Gasteiger partial charge >= 0.3 is 6.09 Å². The SMILES string of the molecule is CCNc1nc(Nc2cc(C#N)cc(N3CC[C@@H](NC(=O)O)[C@H](N(C)CC(C)(C)O)C3)c2Cl)nn2c(C#N)cnc12. The predicted octanol–water partition coefficient (Wildman–Crippen LogP) is 2.61. The van der Waals surface area contributed by atoms with Gasteiger partial charge in [0, 0.05) is 32.2 Å². The number of nitrogens with zero attached hydrogens (tertiary/aromatic N) is 8. The average Bonchev–Trinajstić information content (AvgIpc) is 3.32. The summed E-state index contributed by atoms with van der Waals surface area (Å²) in [7, 11) is 1.84. The molecule has 4 rings (SSSR count). The largest absolute Gasteiger partial charge is 0.465 e. The topological polar surface area (TPSA) is 191 Å². The number of rotatable bonds is 9. The summed E-state index contributed by atoms with van der Waals surface area (Å²) in [5.74, 6) is 0.558. The van der Waals surface area contributed by atoms with Crippen LogP contribution in [0.1, 0.15) is 38.4 Å². The van der Waals surface area contributed by atoms with Crippen molar-refractivity contribution in [1.82, 2.24) is 29.8 Å². The van der Waals surface area contributed by atoms with E-state index in [1.807, 2.05) is 23.8 Å². The number of benzene rings is 1. The van der Waals surface area contributed by atoms with Crippen molar-refractivity contribution in [3.05, 3.63) is 34.6 Å². The highest BCUT2D eigenvalue weighted by molar-refractivity contribution is 6.36. The van der Waals surface area contributed by atoms with Crippen LogP contribution in [0, 0.1) is 22.7 Å². The van der Waals surface area contributed by atoms with Gasteiger partial charge < -0.3 is 31.1 Å². The molecule has 3 heterocycles. The van der Waals surface area contributed by atoms with Crippen molar-refractivity contribution in [3.8, 4) is 12.1 Å². The van der Waals surface area contributed by atoms with Gasteiger partial charge in [-0.1, -0.05) is 11.6 Å². The minimum Gasteiger partial charge on any atom is -0.465 e. The van der Waals surface area contributed by atoms with Crippen LogP contribution in [-0.2, 0) is 0 Å². The van der Waals surface area contributed by atoms with E-state index in [2.05, 4.69) is 43.2 Å². The first kappa shape index (κ1) is 29.6. The number of imidazole rings is 1. The molecule has 1 aliphatic heterocycles. The molecule has 3 aromatic rings. The van der Waals surface area contributed by atoms with Crippen molar-refractivity contribution < 1.29 is 15.0 Å². The molecule has 0 radical (unpaired) electrons. The smallest absolute Gasteiger partial charge is 0.404 e. The standard InChI is InChI=1S/C26H32ClN11O3/c1-5-30-22-23-31-12-16(11-29)38(23)35-24(34-22)32-18-8-15(10-28)9-19(21(18)27)37-7-6-17(33-25(39)40)20(13-37)36(4)14-26(2,3)41/h8-9,12,17,20,33,41H,5-7,13-14H2,1-4H3,(H,39,40)(H2,30,32,34,35)/t17-,20-/m1/s1. The van der Waals surface area contributed by atoms with Gasteiger partial charge in [0.15, 0.2) is 17.2 Å². The fraction of sp³-hybridized carbons (Fsp3) is 0.462. The highest BCUT2D eigenvalue weighted by Gasteiger charge is 2.36. The Labute approximate surface area is 242 Å². The first-order valence-electron chi connectivity index (χ1n) is 13.0. The number of carboxylic acid groups (broad SMARTS) is 1. The number of carbonyl (C=O) groups is 1. The zero-order chi connectivity index (χ0) is 29.9. The highest BCUT2D eigenvalue weighted by atomic mass is 35.5. The Morgan fingerprint density at radius 2 is 2.07 bits per heavy atom. The molecule has 2 atom stereocenters. The third-order valence-corrected chi connectivity index (χ3v) is 7.08. The van der Waals surface area contributed by atoms with Crippen molar-refractivity contribution in [2.75, 3.05) is 48.8 Å². The Morgan fingerprint density at radius 1 is 1.32 bits per heavy atom. The van der Waals surface area contributed by atoms with E-state index < -0.39 is 11.7 Å². The maximum atomic E-state index is 11.5. The molecule has 0 unspecified atom stereocenters. The van der Waals surface area contributed by atoms with Gasteiger partial charge in [0.1, 0.15) is 6.07 Å². The molecular weight excluding hydrogens is 550 g/mol. The van der Waals surface area contributed by atoms with Gasteiger partial charge in [-0.3, -0.25) is 4.90 Å². The predicted molar refractivity (Wildman–Crippen MR) is 154 cm³/mol. The molecule has 14 nitrogen and oxygen atoms in total. The molecule has 5 N–H and O–H groups in total. The van der Waals surface area contributed by atoms with Crippen LogP contribution in [0.5, 0.6) is 0 Å². The molecule has 2 aromatic heterocycles. The molecule has 216 valence electrons. The molecule has 1 aromatic carbocycles. The summed E-state index contributed by atoms with van der Waals surface area (Å²) >= 11 is 6.91. The van der Waals surface area contributed by atoms with Gasteiger partial charge in [0.2, 0.25) is 5.95 Å². The first-order chi connectivity index (χ1) is 19.4. The number of nitriles is 2. The van der Waals surface area contributed by atoms with Crippen LogP contribution in [0.3, 0.4) is 0 Å². The number of aromatic nitrogens is 4. The summed E-state index contributed by atoms with van der Waals surface area (Å²) < 4.78 is 1.37. The van der Waals surface area contributed by atoms with E-state index in [1.54, 1.807) is 26.0 Å². The van der Waals surface area contributed by atoms with Gasteiger partial charge in [0.25, 0.3) is 0 Å². The van der Waals surface area contributed by atoms with Gasteiger partial charge in [0.05, 0.1) is 45.9 Å². The number of likely N-dealkylation sites (N-methyl/N-ethyl adjacent to an activating group) is 1.